The summed E-state index contributed by atoms with van der Waals surface area (Å²) in [4.78, 5) is 0. The summed E-state index contributed by atoms with van der Waals surface area (Å²) in [5, 5.41) is 0. The molecular weight excluding hydrogens is 243 g/mol. The summed E-state index contributed by atoms with van der Waals surface area (Å²) in [6.45, 7) is 0. The van der Waals surface area contributed by atoms with Crippen LogP contribution in [0.15, 0.2) is 0 Å². The summed E-state index contributed by atoms with van der Waals surface area (Å²) < 4.78 is 31.6. The van der Waals surface area contributed by atoms with Crippen LogP contribution in [0.3, 0.4) is 0 Å². The Kier molecular flexibility index (Phi) is 223. The van der Waals surface area contributed by atoms with Crippen molar-refractivity contribution in [2.45, 2.75) is 0 Å². The summed E-state index contributed by atoms with van der Waals surface area (Å²) in [6, 6.07) is 0. The Morgan fingerprint density at radius 1 is 0.750 bits per heavy atom. The maximum absolute atomic E-state index is 8.74. The third kappa shape index (κ3) is 45400. The van der Waals surface area contributed by atoms with E-state index in [1.807, 2.05) is 0 Å². The molecule has 86 valence electrons. The van der Waals surface area contributed by atoms with E-state index in [0.29, 0.717) is 0 Å². The molecule has 14 N–H and O–H groups in total. The molecule has 0 atom stereocenters. The van der Waals surface area contributed by atoms with Gasteiger partial charge in [-0.3, -0.25) is 9.11 Å². The quantitative estimate of drug-likeness (QED) is 0.587. The van der Waals surface area contributed by atoms with Gasteiger partial charge in [-0.15, -0.1) is 0 Å². The molecule has 10 nitrogen and oxygen atoms in total. The number of nitrogens with two attached hydrogens (primary N) is 4. The monoisotopic (exact) mass is 257 g/mol. The Morgan fingerprint density at radius 3 is 0.750 bits per heavy atom. The first-order valence-corrected chi connectivity index (χ1v) is 2.10. The van der Waals surface area contributed by atoms with Crippen molar-refractivity contribution in [3.63, 3.8) is 0 Å². The van der Waals surface area contributed by atoms with Crippen LogP contribution in [-0.4, -0.2) is 28.5 Å². The summed E-state index contributed by atoms with van der Waals surface area (Å²) in [6.07, 6.45) is 0. The second-order valence-corrected chi connectivity index (χ2v) is 1.34. The molecule has 0 aromatic heterocycles. The van der Waals surface area contributed by atoms with E-state index in [9.17, 15) is 0 Å². The zero-order valence-electron chi connectivity index (χ0n) is 5.76. The largest absolute Gasteiger partial charge is 3.00 e. The van der Waals surface area contributed by atoms with Crippen molar-refractivity contribution in [2.75, 3.05) is 0 Å². The maximum atomic E-state index is 8.74. The molecule has 0 heterocycles. The molecule has 0 saturated carbocycles. The first-order valence-electron chi connectivity index (χ1n) is 0.698. The van der Waals surface area contributed by atoms with Crippen molar-refractivity contribution >= 4 is 10.4 Å². The van der Waals surface area contributed by atoms with Crippen molar-refractivity contribution in [3.05, 3.63) is 24.6 Å². The molecule has 12 heteroatoms. The molecule has 0 aromatic carbocycles. The Balaban J connectivity index is -0.00000000381. The average molecular weight is 257 g/mol. The first kappa shape index (κ1) is 88.0. The molecule has 0 amide bonds. The van der Waals surface area contributed by atoms with Crippen LogP contribution >= 0.6 is 0 Å². The summed E-state index contributed by atoms with van der Waals surface area (Å²) in [7, 11) is -4.67. The Hall–Kier alpha value is 0.136. The standard InChI is InChI=1S/Co.4H2N.H2O4S.2H2O/c;;;;;1-5(2,3)4;;/h;4*1H2;(H2,1,2,3,4);2*1H2/q+3;4*-1;;;. The fourth-order valence-corrected chi connectivity index (χ4v) is 0. The predicted molar refractivity (Wildman–Crippen MR) is 42.5 cm³/mol. The molecule has 0 bridgehead atoms. The van der Waals surface area contributed by atoms with E-state index in [2.05, 4.69) is 0 Å². The van der Waals surface area contributed by atoms with Gasteiger partial charge in [0.1, 0.15) is 0 Å². The zero-order valence-corrected chi connectivity index (χ0v) is 7.62. The van der Waals surface area contributed by atoms with E-state index in [1.54, 1.807) is 0 Å². The van der Waals surface area contributed by atoms with Gasteiger partial charge in [0.2, 0.25) is 0 Å². The van der Waals surface area contributed by atoms with E-state index in [4.69, 9.17) is 17.5 Å². The minimum atomic E-state index is -4.67. The molecule has 0 aromatic rings. The summed E-state index contributed by atoms with van der Waals surface area (Å²) in [5.74, 6) is 0. The van der Waals surface area contributed by atoms with Gasteiger partial charge in [0.15, 0.2) is 0 Å². The van der Waals surface area contributed by atoms with Gasteiger partial charge in [-0.2, -0.15) is 8.42 Å². The van der Waals surface area contributed by atoms with Crippen molar-refractivity contribution in [2.24, 2.45) is 0 Å². The average Bonchev–Trinajstić information content (AvgIpc) is 0.722. The smallest absolute Gasteiger partial charge is 0.693 e. The van der Waals surface area contributed by atoms with E-state index in [1.165, 1.54) is 0 Å². The van der Waals surface area contributed by atoms with Gasteiger partial charge in [-0.1, -0.05) is 0 Å². The van der Waals surface area contributed by atoms with Crippen LogP contribution in [0.5, 0.6) is 0 Å². The van der Waals surface area contributed by atoms with Gasteiger partial charge in [0, 0.05) is 0 Å². The number of hydrogen-bond acceptors (Lipinski definition) is 2. The molecule has 0 rings (SSSR count). The van der Waals surface area contributed by atoms with Gasteiger partial charge < -0.3 is 35.6 Å². The zero-order chi connectivity index (χ0) is 4.50. The van der Waals surface area contributed by atoms with Crippen LogP contribution in [-0.2, 0) is 27.2 Å². The molecule has 0 saturated heterocycles. The molecule has 0 fully saturated rings. The SMILES string of the molecule is O.O.O=S(=O)(O)O.[Co+3].[NH2-].[NH2-].[NH2-].[NH2-]. The minimum Gasteiger partial charge on any atom is -0.693 e. The Morgan fingerprint density at radius 2 is 0.750 bits per heavy atom. The number of rotatable bonds is 0. The molecule has 0 unspecified atom stereocenters. The first-order chi connectivity index (χ1) is 2.00. The van der Waals surface area contributed by atoms with Gasteiger partial charge >= 0.3 is 27.2 Å². The van der Waals surface area contributed by atoms with Crippen LogP contribution in [0.25, 0.3) is 24.6 Å². The molecule has 0 aliphatic heterocycles. The van der Waals surface area contributed by atoms with E-state index in [-0.39, 0.29) is 52.3 Å². The fraction of sp³-hybridized carbons (Fsp3) is 0. The van der Waals surface area contributed by atoms with Crippen LogP contribution in [0, 0.1) is 0 Å². The van der Waals surface area contributed by atoms with Crippen molar-refractivity contribution in [3.8, 4) is 0 Å². The van der Waals surface area contributed by atoms with Gasteiger partial charge in [-0.05, 0) is 0 Å². The summed E-state index contributed by atoms with van der Waals surface area (Å²) >= 11 is 0. The normalized spacial score (nSPS) is 4.83. The molecule has 0 spiro atoms. The Labute approximate surface area is 80.8 Å². The molecule has 0 aliphatic carbocycles. The van der Waals surface area contributed by atoms with E-state index >= 15 is 0 Å². The topological polar surface area (TPSA) is 272 Å². The second-order valence-electron chi connectivity index (χ2n) is 0.448. The van der Waals surface area contributed by atoms with Crippen LogP contribution in [0.1, 0.15) is 0 Å². The van der Waals surface area contributed by atoms with Crippen molar-refractivity contribution < 1.29 is 45.3 Å². The fourth-order valence-electron chi connectivity index (χ4n) is 0. The van der Waals surface area contributed by atoms with Crippen LogP contribution in [0.4, 0.5) is 0 Å². The minimum absolute atomic E-state index is 0. The third-order valence-corrected chi connectivity index (χ3v) is 0. The Bertz CT molecular complexity index is 103. The number of hydrogen-bond donors (Lipinski definition) is 2. The second kappa shape index (κ2) is 30.4. The van der Waals surface area contributed by atoms with Crippen LogP contribution in [0.2, 0.25) is 0 Å². The molecule has 12 heavy (non-hydrogen) atoms. The summed E-state index contributed by atoms with van der Waals surface area (Å²) in [5.41, 5.74) is 0. The molecule has 0 radical (unpaired) electrons. The van der Waals surface area contributed by atoms with Crippen molar-refractivity contribution in [1.82, 2.24) is 0 Å². The van der Waals surface area contributed by atoms with Gasteiger partial charge in [0.25, 0.3) is 0 Å². The third-order valence-electron chi connectivity index (χ3n) is 0. The van der Waals surface area contributed by atoms with Crippen molar-refractivity contribution in [1.29, 1.82) is 0 Å². The van der Waals surface area contributed by atoms with Crippen LogP contribution < -0.4 is 0 Å². The predicted octanol–water partition coefficient (Wildman–Crippen LogP) is 0.564. The molecular formula is H14CoN4O6S-. The molecule has 0 aliphatic rings. The van der Waals surface area contributed by atoms with Gasteiger partial charge in [-0.25, -0.2) is 0 Å². The van der Waals surface area contributed by atoms with E-state index < -0.39 is 10.4 Å². The van der Waals surface area contributed by atoms with Gasteiger partial charge in [0.05, 0.1) is 0 Å². The van der Waals surface area contributed by atoms with E-state index in [0.717, 1.165) is 0 Å². The maximum Gasteiger partial charge on any atom is 3.00 e.